The number of hydrogen-bond acceptors (Lipinski definition) is 2. The van der Waals surface area contributed by atoms with E-state index in [-0.39, 0.29) is 21.0 Å². The van der Waals surface area contributed by atoms with Crippen molar-refractivity contribution in [1.82, 2.24) is 4.72 Å². The van der Waals surface area contributed by atoms with Gasteiger partial charge in [0, 0.05) is 16.4 Å². The molecule has 1 atom stereocenters. The Morgan fingerprint density at radius 3 is 2.28 bits per heavy atom. The van der Waals surface area contributed by atoms with Gasteiger partial charge in [-0.15, -0.1) is 11.6 Å². The van der Waals surface area contributed by atoms with E-state index in [2.05, 4.69) is 20.7 Å². The van der Waals surface area contributed by atoms with Crippen molar-refractivity contribution in [1.29, 1.82) is 0 Å². The summed E-state index contributed by atoms with van der Waals surface area (Å²) in [6.45, 7) is 1.72. The normalized spacial score (nSPS) is 13.6. The Morgan fingerprint density at radius 1 is 1.33 bits per heavy atom. The average molecular weight is 396 g/mol. The summed E-state index contributed by atoms with van der Waals surface area (Å²) in [5, 5.41) is 0.139. The first-order valence-electron chi connectivity index (χ1n) is 5.00. The SMILES string of the molecule is CC(CCCl)NS(=O)(=O)c1c(Cl)cc(Br)cc1Cl. The number of halogens is 4. The smallest absolute Gasteiger partial charge is 0.208 e. The van der Waals surface area contributed by atoms with Crippen LogP contribution in [-0.4, -0.2) is 20.3 Å². The molecule has 1 aromatic carbocycles. The number of benzene rings is 1. The molecule has 0 spiro atoms. The molecule has 0 aromatic heterocycles. The predicted molar refractivity (Wildman–Crippen MR) is 79.3 cm³/mol. The second-order valence-electron chi connectivity index (χ2n) is 3.70. The van der Waals surface area contributed by atoms with E-state index in [0.717, 1.165) is 0 Å². The summed E-state index contributed by atoms with van der Waals surface area (Å²) in [6, 6.07) is 2.67. The van der Waals surface area contributed by atoms with Gasteiger partial charge in [0.05, 0.1) is 10.0 Å². The van der Waals surface area contributed by atoms with Crippen LogP contribution in [0.15, 0.2) is 21.5 Å². The van der Waals surface area contributed by atoms with Crippen LogP contribution in [0.5, 0.6) is 0 Å². The molecule has 0 aliphatic rings. The molecule has 1 unspecified atom stereocenters. The van der Waals surface area contributed by atoms with Crippen molar-refractivity contribution in [3.8, 4) is 0 Å². The molecule has 0 heterocycles. The third-order valence-electron chi connectivity index (χ3n) is 2.13. The van der Waals surface area contributed by atoms with E-state index in [9.17, 15) is 8.42 Å². The van der Waals surface area contributed by atoms with Gasteiger partial charge in [-0.1, -0.05) is 39.1 Å². The molecule has 0 fully saturated rings. The Morgan fingerprint density at radius 2 is 1.83 bits per heavy atom. The maximum Gasteiger partial charge on any atom is 0.243 e. The number of sulfonamides is 1. The number of nitrogens with one attached hydrogen (secondary N) is 1. The van der Waals surface area contributed by atoms with Crippen LogP contribution in [-0.2, 0) is 10.0 Å². The van der Waals surface area contributed by atoms with Gasteiger partial charge in [-0.05, 0) is 25.5 Å². The fourth-order valence-electron chi connectivity index (χ4n) is 1.33. The summed E-state index contributed by atoms with van der Waals surface area (Å²) in [5.41, 5.74) is 0. The Balaban J connectivity index is 3.13. The Hall–Kier alpha value is 0.480. The molecule has 1 aromatic rings. The largest absolute Gasteiger partial charge is 0.243 e. The van der Waals surface area contributed by atoms with Crippen molar-refractivity contribution in [2.75, 3.05) is 5.88 Å². The molecular formula is C10H11BrCl3NO2S. The highest BCUT2D eigenvalue weighted by Crippen LogP contribution is 2.32. The summed E-state index contributed by atoms with van der Waals surface area (Å²) in [6.07, 6.45) is 0.520. The van der Waals surface area contributed by atoms with E-state index in [1.807, 2.05) is 0 Å². The minimum Gasteiger partial charge on any atom is -0.208 e. The van der Waals surface area contributed by atoms with Gasteiger partial charge in [-0.25, -0.2) is 13.1 Å². The van der Waals surface area contributed by atoms with Gasteiger partial charge in [0.1, 0.15) is 4.90 Å². The lowest BCUT2D eigenvalue weighted by atomic mass is 10.3. The van der Waals surface area contributed by atoms with Crippen molar-refractivity contribution in [3.63, 3.8) is 0 Å². The van der Waals surface area contributed by atoms with Gasteiger partial charge in [-0.2, -0.15) is 0 Å². The van der Waals surface area contributed by atoms with E-state index in [1.54, 1.807) is 6.92 Å². The lowest BCUT2D eigenvalue weighted by Gasteiger charge is -2.15. The average Bonchev–Trinajstić information content (AvgIpc) is 2.13. The first-order chi connectivity index (χ1) is 8.27. The topological polar surface area (TPSA) is 46.2 Å². The van der Waals surface area contributed by atoms with Gasteiger partial charge >= 0.3 is 0 Å². The maximum absolute atomic E-state index is 12.1. The van der Waals surface area contributed by atoms with Crippen molar-refractivity contribution < 1.29 is 8.42 Å². The van der Waals surface area contributed by atoms with Crippen LogP contribution in [0.4, 0.5) is 0 Å². The monoisotopic (exact) mass is 393 g/mol. The molecule has 0 radical (unpaired) electrons. The second-order valence-corrected chi connectivity index (χ2v) is 7.46. The van der Waals surface area contributed by atoms with Crippen LogP contribution < -0.4 is 4.72 Å². The molecule has 0 bridgehead atoms. The van der Waals surface area contributed by atoms with E-state index in [4.69, 9.17) is 34.8 Å². The molecule has 18 heavy (non-hydrogen) atoms. The zero-order chi connectivity index (χ0) is 13.9. The van der Waals surface area contributed by atoms with Crippen molar-refractivity contribution in [3.05, 3.63) is 26.7 Å². The van der Waals surface area contributed by atoms with Gasteiger partial charge in [0.15, 0.2) is 0 Å². The number of alkyl halides is 1. The summed E-state index contributed by atoms with van der Waals surface area (Å²) in [4.78, 5) is -0.115. The highest BCUT2D eigenvalue weighted by Gasteiger charge is 2.23. The molecule has 0 aliphatic heterocycles. The highest BCUT2D eigenvalue weighted by molar-refractivity contribution is 9.10. The lowest BCUT2D eigenvalue weighted by Crippen LogP contribution is -2.33. The van der Waals surface area contributed by atoms with Gasteiger partial charge in [0.2, 0.25) is 10.0 Å². The van der Waals surface area contributed by atoms with Gasteiger partial charge in [-0.3, -0.25) is 0 Å². The molecule has 0 saturated carbocycles. The summed E-state index contributed by atoms with van der Waals surface area (Å²) in [5.74, 6) is 0.367. The Labute approximate surface area is 130 Å². The molecule has 1 rings (SSSR count). The minimum atomic E-state index is -3.75. The van der Waals surface area contributed by atoms with E-state index < -0.39 is 10.0 Å². The summed E-state index contributed by atoms with van der Waals surface area (Å²) in [7, 11) is -3.75. The molecular weight excluding hydrogens is 384 g/mol. The molecule has 1 N–H and O–H groups in total. The van der Waals surface area contributed by atoms with Crippen molar-refractivity contribution in [2.45, 2.75) is 24.3 Å². The zero-order valence-corrected chi connectivity index (χ0v) is 14.1. The van der Waals surface area contributed by atoms with Crippen LogP contribution in [0.25, 0.3) is 0 Å². The van der Waals surface area contributed by atoms with Crippen LogP contribution in [0.2, 0.25) is 10.0 Å². The predicted octanol–water partition coefficient (Wildman–Crippen LogP) is 4.05. The molecule has 8 heteroatoms. The fourth-order valence-corrected chi connectivity index (χ4v) is 4.87. The number of hydrogen-bond donors (Lipinski definition) is 1. The first kappa shape index (κ1) is 16.5. The molecule has 3 nitrogen and oxygen atoms in total. The van der Waals surface area contributed by atoms with Crippen LogP contribution in [0.3, 0.4) is 0 Å². The van der Waals surface area contributed by atoms with Crippen LogP contribution >= 0.6 is 50.7 Å². The zero-order valence-electron chi connectivity index (χ0n) is 9.38. The summed E-state index contributed by atoms with van der Waals surface area (Å²) < 4.78 is 27.4. The Kier molecular flexibility index (Phi) is 6.22. The Bertz CT molecular complexity index is 513. The minimum absolute atomic E-state index is 0.0694. The van der Waals surface area contributed by atoms with Gasteiger partial charge < -0.3 is 0 Å². The van der Waals surface area contributed by atoms with E-state index in [0.29, 0.717) is 16.8 Å². The summed E-state index contributed by atoms with van der Waals surface area (Å²) >= 11 is 20.6. The third kappa shape index (κ3) is 4.25. The molecule has 0 aliphatic carbocycles. The molecule has 0 saturated heterocycles. The first-order valence-corrected chi connectivity index (χ1v) is 8.57. The van der Waals surface area contributed by atoms with Crippen LogP contribution in [0, 0.1) is 0 Å². The van der Waals surface area contributed by atoms with E-state index in [1.165, 1.54) is 12.1 Å². The molecule has 0 amide bonds. The van der Waals surface area contributed by atoms with E-state index >= 15 is 0 Å². The fraction of sp³-hybridized carbons (Fsp3) is 0.400. The third-order valence-corrected chi connectivity index (χ3v) is 5.32. The maximum atomic E-state index is 12.1. The van der Waals surface area contributed by atoms with Crippen molar-refractivity contribution in [2.24, 2.45) is 0 Å². The highest BCUT2D eigenvalue weighted by atomic mass is 79.9. The standard InChI is InChI=1S/C10H11BrCl3NO2S/c1-6(2-3-12)15-18(16,17)10-8(13)4-7(11)5-9(10)14/h4-6,15H,2-3H2,1H3. The lowest BCUT2D eigenvalue weighted by molar-refractivity contribution is 0.557. The van der Waals surface area contributed by atoms with Crippen molar-refractivity contribution >= 4 is 60.8 Å². The van der Waals surface area contributed by atoms with Crippen LogP contribution in [0.1, 0.15) is 13.3 Å². The quantitative estimate of drug-likeness (QED) is 0.765. The second kappa shape index (κ2) is 6.77. The van der Waals surface area contributed by atoms with Gasteiger partial charge in [0.25, 0.3) is 0 Å². The number of rotatable bonds is 5. The molecule has 102 valence electrons.